The number of carbonyl (C=O) groups excluding carboxylic acids is 1. The number of furan rings is 1. The van der Waals surface area contributed by atoms with Gasteiger partial charge in [-0.25, -0.2) is 0 Å². The third-order valence-corrected chi connectivity index (χ3v) is 6.22. The van der Waals surface area contributed by atoms with Crippen LogP contribution in [0.5, 0.6) is 5.75 Å². The number of rotatable bonds is 8. The summed E-state index contributed by atoms with van der Waals surface area (Å²) in [6, 6.07) is 24.9. The van der Waals surface area contributed by atoms with Crippen molar-refractivity contribution in [2.24, 2.45) is 10.2 Å². The molecule has 36 heavy (non-hydrogen) atoms. The lowest BCUT2D eigenvalue weighted by molar-refractivity contribution is -0.122. The Labute approximate surface area is 212 Å². The third-order valence-electron chi connectivity index (χ3n) is 5.22. The number of pyridine rings is 1. The highest BCUT2D eigenvalue weighted by Gasteiger charge is 2.34. The van der Waals surface area contributed by atoms with E-state index >= 15 is 0 Å². The number of nitrogens with zero attached hydrogens (tertiary/aromatic N) is 4. The minimum absolute atomic E-state index is 0.162. The predicted molar refractivity (Wildman–Crippen MR) is 141 cm³/mol. The molecule has 0 radical (unpaired) electrons. The molecule has 7 nitrogen and oxygen atoms in total. The number of amides is 1. The average Bonchev–Trinajstić information content (AvgIpc) is 3.53. The van der Waals surface area contributed by atoms with E-state index in [2.05, 4.69) is 15.2 Å². The van der Waals surface area contributed by atoms with Crippen LogP contribution in [-0.4, -0.2) is 27.2 Å². The van der Waals surface area contributed by atoms with Crippen molar-refractivity contribution in [2.75, 3.05) is 0 Å². The maximum Gasteiger partial charge on any atom is 0.267 e. The van der Waals surface area contributed by atoms with Gasteiger partial charge in [0.25, 0.3) is 5.91 Å². The molecule has 0 saturated carbocycles. The van der Waals surface area contributed by atoms with E-state index in [9.17, 15) is 4.79 Å². The second kappa shape index (κ2) is 11.3. The van der Waals surface area contributed by atoms with Crippen molar-refractivity contribution in [3.8, 4) is 5.75 Å². The average molecular weight is 495 g/mol. The van der Waals surface area contributed by atoms with Crippen molar-refractivity contribution in [2.45, 2.75) is 13.2 Å². The van der Waals surface area contributed by atoms with E-state index < -0.39 is 0 Å². The molecule has 1 aliphatic heterocycles. The lowest BCUT2D eigenvalue weighted by Gasteiger charge is -2.12. The van der Waals surface area contributed by atoms with Crippen LogP contribution in [0.15, 0.2) is 117 Å². The smallest absolute Gasteiger partial charge is 0.267 e. The highest BCUT2D eigenvalue weighted by molar-refractivity contribution is 8.18. The number of thioether (sulfide) groups is 1. The molecule has 2 aromatic heterocycles. The van der Waals surface area contributed by atoms with Crippen LogP contribution in [0, 0.1) is 0 Å². The normalized spacial score (nSPS) is 15.9. The summed E-state index contributed by atoms with van der Waals surface area (Å²) in [6.45, 7) is 0.747. The first-order chi connectivity index (χ1) is 17.7. The van der Waals surface area contributed by atoms with Crippen molar-refractivity contribution in [1.29, 1.82) is 0 Å². The van der Waals surface area contributed by atoms with Gasteiger partial charge in [0.2, 0.25) is 0 Å². The van der Waals surface area contributed by atoms with Crippen LogP contribution >= 0.6 is 11.8 Å². The maximum absolute atomic E-state index is 13.1. The van der Waals surface area contributed by atoms with Gasteiger partial charge in [-0.3, -0.25) is 14.7 Å². The molecule has 0 bridgehead atoms. The molecule has 1 aliphatic rings. The van der Waals surface area contributed by atoms with Gasteiger partial charge in [0.05, 0.1) is 23.9 Å². The third kappa shape index (κ3) is 5.97. The van der Waals surface area contributed by atoms with Crippen LogP contribution in [0.3, 0.4) is 0 Å². The summed E-state index contributed by atoms with van der Waals surface area (Å²) < 4.78 is 11.3. The molecular weight excluding hydrogens is 472 g/mol. The largest absolute Gasteiger partial charge is 0.489 e. The standard InChI is InChI=1S/C28H22N4O3S/c33-27-26(16-23-10-5-13-29-17-23)36-28(32(27)19-25-12-6-14-34-25)31-30-18-22-9-4-11-24(15-22)35-20-21-7-2-1-3-8-21/h1-18H,19-20H2/b26-16-,30-18+,31-28+. The first-order valence-electron chi connectivity index (χ1n) is 11.3. The first-order valence-corrected chi connectivity index (χ1v) is 12.1. The van der Waals surface area contributed by atoms with Crippen LogP contribution in [0.4, 0.5) is 0 Å². The molecule has 1 saturated heterocycles. The maximum atomic E-state index is 13.1. The van der Waals surface area contributed by atoms with Crippen molar-refractivity contribution in [3.63, 3.8) is 0 Å². The summed E-state index contributed by atoms with van der Waals surface area (Å²) in [5.74, 6) is 1.24. The van der Waals surface area contributed by atoms with E-state index in [0.717, 1.165) is 22.4 Å². The fourth-order valence-electron chi connectivity index (χ4n) is 3.46. The quantitative estimate of drug-likeness (QED) is 0.177. The molecule has 0 atom stereocenters. The van der Waals surface area contributed by atoms with Crippen LogP contribution in [0.1, 0.15) is 22.5 Å². The number of hydrogen-bond donors (Lipinski definition) is 0. The molecule has 1 fully saturated rings. The fraction of sp³-hybridized carbons (Fsp3) is 0.0714. The highest BCUT2D eigenvalue weighted by Crippen LogP contribution is 2.33. The molecule has 5 rings (SSSR count). The van der Waals surface area contributed by atoms with E-state index in [1.807, 2.05) is 72.8 Å². The number of aromatic nitrogens is 1. The van der Waals surface area contributed by atoms with Crippen LogP contribution in [0.2, 0.25) is 0 Å². The van der Waals surface area contributed by atoms with Gasteiger partial charge in [-0.05, 0) is 64.9 Å². The van der Waals surface area contributed by atoms with Gasteiger partial charge in [-0.15, -0.1) is 5.10 Å². The van der Waals surface area contributed by atoms with E-state index in [4.69, 9.17) is 9.15 Å². The summed E-state index contributed by atoms with van der Waals surface area (Å²) in [6.07, 6.45) is 8.42. The van der Waals surface area contributed by atoms with Gasteiger partial charge in [0.1, 0.15) is 18.1 Å². The number of benzene rings is 2. The molecule has 0 unspecified atom stereocenters. The van der Waals surface area contributed by atoms with Crippen molar-refractivity contribution in [3.05, 3.63) is 125 Å². The zero-order chi connectivity index (χ0) is 24.6. The van der Waals surface area contributed by atoms with Crippen molar-refractivity contribution >= 4 is 35.1 Å². The Hall–Kier alpha value is -4.43. The Balaban J connectivity index is 1.33. The van der Waals surface area contributed by atoms with E-state index in [0.29, 0.717) is 22.4 Å². The Bertz CT molecular complexity index is 1400. The molecule has 3 heterocycles. The second-order valence-electron chi connectivity index (χ2n) is 7.84. The summed E-state index contributed by atoms with van der Waals surface area (Å²) >= 11 is 1.27. The first kappa shape index (κ1) is 23.3. The Morgan fingerprint density at radius 1 is 1.00 bits per heavy atom. The Kier molecular flexibility index (Phi) is 7.34. The lowest BCUT2D eigenvalue weighted by Crippen LogP contribution is -2.28. The summed E-state index contributed by atoms with van der Waals surface area (Å²) in [5, 5.41) is 9.09. The van der Waals surface area contributed by atoms with Crippen molar-refractivity contribution < 1.29 is 13.9 Å². The molecule has 178 valence electrons. The molecule has 8 heteroatoms. The molecule has 1 amide bonds. The zero-order valence-electron chi connectivity index (χ0n) is 19.2. The van der Waals surface area contributed by atoms with E-state index in [-0.39, 0.29) is 12.5 Å². The molecule has 4 aromatic rings. The Morgan fingerprint density at radius 2 is 1.89 bits per heavy atom. The molecular formula is C28H22N4O3S. The van der Waals surface area contributed by atoms with Crippen LogP contribution in [-0.2, 0) is 17.9 Å². The van der Waals surface area contributed by atoms with Gasteiger partial charge < -0.3 is 9.15 Å². The molecule has 0 aliphatic carbocycles. The second-order valence-corrected chi connectivity index (χ2v) is 8.85. The zero-order valence-corrected chi connectivity index (χ0v) is 20.0. The summed E-state index contributed by atoms with van der Waals surface area (Å²) in [5.41, 5.74) is 2.77. The Morgan fingerprint density at radius 3 is 2.69 bits per heavy atom. The van der Waals surface area contributed by atoms with Gasteiger partial charge >= 0.3 is 0 Å². The van der Waals surface area contributed by atoms with Gasteiger partial charge in [0.15, 0.2) is 5.17 Å². The lowest BCUT2D eigenvalue weighted by atomic mass is 10.2. The van der Waals surface area contributed by atoms with E-state index in [1.165, 1.54) is 11.8 Å². The minimum Gasteiger partial charge on any atom is -0.489 e. The fourth-order valence-corrected chi connectivity index (χ4v) is 4.40. The van der Waals surface area contributed by atoms with Gasteiger partial charge in [0, 0.05) is 12.4 Å². The number of carbonyl (C=O) groups is 1. The monoisotopic (exact) mass is 494 g/mol. The highest BCUT2D eigenvalue weighted by atomic mass is 32.2. The molecule has 0 N–H and O–H groups in total. The molecule has 2 aromatic carbocycles. The van der Waals surface area contributed by atoms with Crippen molar-refractivity contribution in [1.82, 2.24) is 9.88 Å². The number of amidine groups is 1. The minimum atomic E-state index is -0.162. The summed E-state index contributed by atoms with van der Waals surface area (Å²) in [7, 11) is 0. The van der Waals surface area contributed by atoms with Crippen LogP contribution in [0.25, 0.3) is 6.08 Å². The van der Waals surface area contributed by atoms with E-state index in [1.54, 1.807) is 41.9 Å². The van der Waals surface area contributed by atoms with Gasteiger partial charge in [-0.2, -0.15) is 5.10 Å². The number of hydrogen-bond acceptors (Lipinski definition) is 7. The predicted octanol–water partition coefficient (Wildman–Crippen LogP) is 5.76. The number of ether oxygens (including phenoxy) is 1. The van der Waals surface area contributed by atoms with Gasteiger partial charge in [-0.1, -0.05) is 48.5 Å². The van der Waals surface area contributed by atoms with Crippen LogP contribution < -0.4 is 4.74 Å². The molecule has 0 spiro atoms. The summed E-state index contributed by atoms with van der Waals surface area (Å²) in [4.78, 5) is 19.4. The SMILES string of the molecule is O=C1/C(=C/c2cccnc2)S/C(=N/N=C/c2cccc(OCc3ccccc3)c2)N1Cc1ccco1. The topological polar surface area (TPSA) is 80.3 Å².